The van der Waals surface area contributed by atoms with Crippen molar-refractivity contribution in [1.29, 1.82) is 0 Å². The van der Waals surface area contributed by atoms with Gasteiger partial charge in [0.05, 0.1) is 5.71 Å². The van der Waals surface area contributed by atoms with Crippen LogP contribution in [0.1, 0.15) is 106 Å². The summed E-state index contributed by atoms with van der Waals surface area (Å²) in [5.74, 6) is 1.65. The van der Waals surface area contributed by atoms with Crippen LogP contribution >= 0.6 is 0 Å². The maximum absolute atomic E-state index is 12.9. The number of carboxylic acid groups (broad SMARTS) is 1. The van der Waals surface area contributed by atoms with E-state index < -0.39 is 18.1 Å². The number of nitrogens with one attached hydrogen (secondary N) is 1. The van der Waals surface area contributed by atoms with E-state index in [-0.39, 0.29) is 28.1 Å². The summed E-state index contributed by atoms with van der Waals surface area (Å²) < 4.78 is 0. The first kappa shape index (κ1) is 28.8. The third kappa shape index (κ3) is 5.44. The van der Waals surface area contributed by atoms with Crippen LogP contribution in [0.5, 0.6) is 0 Å². The molecule has 0 spiro atoms. The van der Waals surface area contributed by atoms with Gasteiger partial charge in [0, 0.05) is 5.92 Å². The Hall–Kier alpha value is -2.18. The molecule has 1 amide bonds. The molecule has 0 aromatic heterocycles. The topological polar surface area (TPSA) is 105 Å². The van der Waals surface area contributed by atoms with Crippen LogP contribution in [0, 0.1) is 45.8 Å². The van der Waals surface area contributed by atoms with E-state index in [9.17, 15) is 19.5 Å². The monoisotopic (exact) mass is 528 g/mol. The number of amides is 1. The molecule has 3 fully saturated rings. The van der Waals surface area contributed by atoms with Crippen LogP contribution in [0.25, 0.3) is 0 Å². The molecule has 3 saturated carbocycles. The van der Waals surface area contributed by atoms with Crippen molar-refractivity contribution in [2.75, 3.05) is 0 Å². The fourth-order valence-electron chi connectivity index (χ4n) is 9.12. The molecule has 4 aliphatic rings. The Balaban J connectivity index is 1.47. The molecular formula is C31H48N2O5. The summed E-state index contributed by atoms with van der Waals surface area (Å²) in [6, 6.07) is -0.963. The lowest BCUT2D eigenvalue weighted by Crippen LogP contribution is -2.51. The molecule has 0 bridgehead atoms. The van der Waals surface area contributed by atoms with Crippen LogP contribution in [-0.2, 0) is 14.4 Å². The van der Waals surface area contributed by atoms with Crippen molar-refractivity contribution in [3.63, 3.8) is 0 Å². The quantitative estimate of drug-likeness (QED) is 0.293. The zero-order valence-corrected chi connectivity index (χ0v) is 24.4. The Kier molecular flexibility index (Phi) is 7.90. The Morgan fingerprint density at radius 1 is 1.11 bits per heavy atom. The van der Waals surface area contributed by atoms with E-state index in [1.165, 1.54) is 18.4 Å². The van der Waals surface area contributed by atoms with Crippen molar-refractivity contribution in [2.45, 2.75) is 112 Å². The fraction of sp³-hybridized carbons (Fsp3) is 0.806. The fourth-order valence-corrected chi connectivity index (χ4v) is 9.12. The Labute approximate surface area is 228 Å². The van der Waals surface area contributed by atoms with Gasteiger partial charge in [-0.05, 0) is 111 Å². The number of hydrogen-bond acceptors (Lipinski definition) is 5. The van der Waals surface area contributed by atoms with Gasteiger partial charge in [0.2, 0.25) is 0 Å². The number of carbonyl (C=O) groups is 3. The highest BCUT2D eigenvalue weighted by Gasteiger charge is 2.59. The molecule has 7 nitrogen and oxygen atoms in total. The summed E-state index contributed by atoms with van der Waals surface area (Å²) >= 11 is 0. The van der Waals surface area contributed by atoms with E-state index >= 15 is 0 Å². The first-order valence-corrected chi connectivity index (χ1v) is 14.6. The molecule has 0 saturated heterocycles. The molecular weight excluding hydrogens is 480 g/mol. The highest BCUT2D eigenvalue weighted by Crippen LogP contribution is 2.66. The second-order valence-electron chi connectivity index (χ2n) is 14.4. The Morgan fingerprint density at radius 2 is 1.82 bits per heavy atom. The second-order valence-corrected chi connectivity index (χ2v) is 14.4. The maximum Gasteiger partial charge on any atom is 0.405 e. The van der Waals surface area contributed by atoms with Crippen molar-refractivity contribution in [3.05, 3.63) is 11.6 Å². The molecule has 0 radical (unpaired) electrons. The molecule has 0 heterocycles. The van der Waals surface area contributed by atoms with Crippen LogP contribution in [0.2, 0.25) is 0 Å². The lowest BCUT2D eigenvalue weighted by Gasteiger charge is -2.58. The Bertz CT molecular complexity index is 1030. The van der Waals surface area contributed by atoms with Gasteiger partial charge >= 0.3 is 12.1 Å². The van der Waals surface area contributed by atoms with E-state index in [1.54, 1.807) is 6.92 Å². The van der Waals surface area contributed by atoms with Crippen molar-refractivity contribution in [1.82, 2.24) is 5.32 Å². The van der Waals surface area contributed by atoms with Crippen LogP contribution in [0.3, 0.4) is 0 Å². The molecule has 0 aromatic carbocycles. The van der Waals surface area contributed by atoms with Crippen molar-refractivity contribution in [2.24, 2.45) is 51.0 Å². The van der Waals surface area contributed by atoms with Gasteiger partial charge in [-0.15, -0.1) is 0 Å². The highest BCUT2D eigenvalue weighted by molar-refractivity contribution is 5.97. The van der Waals surface area contributed by atoms with E-state index in [0.29, 0.717) is 30.0 Å². The van der Waals surface area contributed by atoms with Gasteiger partial charge in [0.15, 0.2) is 0 Å². The number of hydrogen-bond donors (Lipinski definition) is 2. The van der Waals surface area contributed by atoms with E-state index in [2.05, 4.69) is 51.2 Å². The standard InChI is InChI=1S/C31H48N2O5/c1-18(17-29(3,4)5)26(32-28(36)37)27(35)38-33-21-12-14-30(6)20(16-21)8-9-22-24-11-10-23(19(2)34)31(24,7)15-13-25(22)30/h16,18,22-26,32H,8-15,17H2,1-7H3,(H,36,37)/b33-21+/t18-,22-,23+,24-,25-,26?,30-,31+/m0/s1. The molecule has 7 heteroatoms. The molecule has 0 aliphatic heterocycles. The second kappa shape index (κ2) is 10.4. The SMILES string of the molecule is CC(=O)[C@H]1CC[C@H]2[C@@H]3CCC4=C/C(=N/OC(=O)C(NC(=O)O)[C@@H](C)CC(C)(C)C)CC[C@]4(C)[C@H]3CC[C@]12C. The Morgan fingerprint density at radius 3 is 2.45 bits per heavy atom. The normalized spacial score (nSPS) is 37.2. The molecule has 4 rings (SSSR count). The molecule has 2 N–H and O–H groups in total. The molecule has 8 atom stereocenters. The minimum absolute atomic E-state index is 0.0524. The van der Waals surface area contributed by atoms with Crippen molar-refractivity contribution >= 4 is 23.6 Å². The predicted molar refractivity (Wildman–Crippen MR) is 148 cm³/mol. The first-order valence-electron chi connectivity index (χ1n) is 14.6. The van der Waals surface area contributed by atoms with Crippen LogP contribution in [-0.4, -0.2) is 34.7 Å². The number of rotatable bonds is 6. The number of ketones is 1. The third-order valence-electron chi connectivity index (χ3n) is 10.8. The summed E-state index contributed by atoms with van der Waals surface area (Å²) in [4.78, 5) is 42.0. The number of nitrogens with zero attached hydrogens (tertiary/aromatic N) is 1. The summed E-state index contributed by atoms with van der Waals surface area (Å²) in [5.41, 5.74) is 2.40. The molecule has 1 unspecified atom stereocenters. The van der Waals surface area contributed by atoms with Crippen LogP contribution in [0.4, 0.5) is 4.79 Å². The first-order chi connectivity index (χ1) is 17.7. The highest BCUT2D eigenvalue weighted by atomic mass is 16.7. The van der Waals surface area contributed by atoms with E-state index in [0.717, 1.165) is 44.2 Å². The van der Waals surface area contributed by atoms with Crippen LogP contribution in [0.15, 0.2) is 16.8 Å². The van der Waals surface area contributed by atoms with Crippen LogP contribution < -0.4 is 5.32 Å². The molecule has 0 aromatic rings. The maximum atomic E-state index is 12.9. The minimum atomic E-state index is -1.24. The smallest absolute Gasteiger partial charge is 0.405 e. The van der Waals surface area contributed by atoms with Gasteiger partial charge in [0.25, 0.3) is 0 Å². The summed E-state index contributed by atoms with van der Waals surface area (Å²) in [6.07, 6.45) is 10.00. The molecule has 212 valence electrons. The van der Waals surface area contributed by atoms with Gasteiger partial charge in [-0.1, -0.05) is 52.3 Å². The molecule has 4 aliphatic carbocycles. The van der Waals surface area contributed by atoms with Gasteiger partial charge < -0.3 is 15.3 Å². The lowest BCUT2D eigenvalue weighted by atomic mass is 9.46. The summed E-state index contributed by atoms with van der Waals surface area (Å²) in [5, 5.41) is 15.9. The summed E-state index contributed by atoms with van der Waals surface area (Å²) in [6.45, 7) is 14.6. The lowest BCUT2D eigenvalue weighted by molar-refractivity contribution is -0.147. The molecule has 38 heavy (non-hydrogen) atoms. The average Bonchev–Trinajstić information content (AvgIpc) is 3.17. The van der Waals surface area contributed by atoms with E-state index in [1.807, 2.05) is 6.92 Å². The van der Waals surface area contributed by atoms with E-state index in [4.69, 9.17) is 4.84 Å². The number of allylic oxidation sites excluding steroid dienone is 2. The zero-order valence-electron chi connectivity index (χ0n) is 24.4. The van der Waals surface area contributed by atoms with Gasteiger partial charge in [-0.25, -0.2) is 9.59 Å². The zero-order chi connectivity index (χ0) is 28.0. The largest absolute Gasteiger partial charge is 0.465 e. The average molecular weight is 529 g/mol. The minimum Gasteiger partial charge on any atom is -0.465 e. The number of Topliss-reactive ketones (excluding diaryl/α,β-unsaturated/α-hetero) is 1. The van der Waals surface area contributed by atoms with Gasteiger partial charge in [-0.3, -0.25) is 4.79 Å². The number of oxime groups is 1. The van der Waals surface area contributed by atoms with Crippen molar-refractivity contribution in [3.8, 4) is 0 Å². The predicted octanol–water partition coefficient (Wildman–Crippen LogP) is 6.76. The number of carbonyl (C=O) groups excluding carboxylic acids is 2. The van der Waals surface area contributed by atoms with Gasteiger partial charge in [0.1, 0.15) is 11.8 Å². The van der Waals surface area contributed by atoms with Crippen molar-refractivity contribution < 1.29 is 24.3 Å². The summed E-state index contributed by atoms with van der Waals surface area (Å²) in [7, 11) is 0. The van der Waals surface area contributed by atoms with Gasteiger partial charge in [-0.2, -0.15) is 0 Å². The third-order valence-corrected chi connectivity index (χ3v) is 10.8. The number of fused-ring (bicyclic) bond motifs is 5.